The predicted octanol–water partition coefficient (Wildman–Crippen LogP) is 1.60. The number of hydrogen-bond acceptors (Lipinski definition) is 6. The number of aliphatic hydroxyl groups excluding tert-OH is 1. The molecule has 0 radical (unpaired) electrons. The predicted molar refractivity (Wildman–Crippen MR) is 78.6 cm³/mol. The Kier molecular flexibility index (Phi) is 5.98. The van der Waals surface area contributed by atoms with Gasteiger partial charge >= 0.3 is 0 Å². The summed E-state index contributed by atoms with van der Waals surface area (Å²) < 4.78 is 10.1. The van der Waals surface area contributed by atoms with Crippen molar-refractivity contribution in [3.8, 4) is 5.75 Å². The number of hydrogen-bond donors (Lipinski definition) is 2. The molecule has 0 aliphatic rings. The molecule has 0 saturated carbocycles. The van der Waals surface area contributed by atoms with E-state index in [1.165, 1.54) is 6.39 Å². The quantitative estimate of drug-likeness (QED) is 0.721. The maximum atomic E-state index is 9.83. The van der Waals surface area contributed by atoms with E-state index < -0.39 is 6.10 Å². The number of aryl methyl sites for hydroxylation is 1. The smallest absolute Gasteiger partial charge is 0.213 e. The summed E-state index contributed by atoms with van der Waals surface area (Å²) in [6.07, 6.45) is 1.36. The zero-order chi connectivity index (χ0) is 15.1. The number of nitrogens with zero attached hydrogens (tertiary/aromatic N) is 2. The summed E-state index contributed by atoms with van der Waals surface area (Å²) in [6.45, 7) is 3.22. The van der Waals surface area contributed by atoms with Crippen molar-refractivity contribution in [2.45, 2.75) is 19.4 Å². The molecular weight excluding hydrogens is 294 g/mol. The Labute approximate surface area is 128 Å². The monoisotopic (exact) mass is 311 g/mol. The summed E-state index contributed by atoms with van der Waals surface area (Å²) in [6, 6.07) is 5.41. The Bertz CT molecular complexity index is 548. The third kappa shape index (κ3) is 5.34. The van der Waals surface area contributed by atoms with Gasteiger partial charge in [-0.25, -0.2) is 0 Å². The largest absolute Gasteiger partial charge is 0.491 e. The molecule has 21 heavy (non-hydrogen) atoms. The van der Waals surface area contributed by atoms with Crippen LogP contribution in [0.4, 0.5) is 0 Å². The number of ether oxygens (including phenoxy) is 1. The highest BCUT2D eigenvalue weighted by Crippen LogP contribution is 2.20. The first kappa shape index (κ1) is 15.8. The fourth-order valence-corrected chi connectivity index (χ4v) is 1.85. The zero-order valence-corrected chi connectivity index (χ0v) is 12.5. The van der Waals surface area contributed by atoms with Crippen LogP contribution < -0.4 is 10.1 Å². The van der Waals surface area contributed by atoms with E-state index in [1.54, 1.807) is 12.1 Å². The van der Waals surface area contributed by atoms with Crippen LogP contribution in [-0.2, 0) is 6.42 Å². The van der Waals surface area contributed by atoms with Gasteiger partial charge < -0.3 is 19.7 Å². The summed E-state index contributed by atoms with van der Waals surface area (Å²) in [5.74, 6) is 1.34. The summed E-state index contributed by atoms with van der Waals surface area (Å²) >= 11 is 5.94. The highest BCUT2D eigenvalue weighted by atomic mass is 35.5. The van der Waals surface area contributed by atoms with Crippen LogP contribution in [0.15, 0.2) is 29.1 Å². The molecule has 7 heteroatoms. The summed E-state index contributed by atoms with van der Waals surface area (Å²) in [5, 5.41) is 17.3. The van der Waals surface area contributed by atoms with Crippen LogP contribution in [-0.4, -0.2) is 41.0 Å². The van der Waals surface area contributed by atoms with E-state index >= 15 is 0 Å². The number of rotatable bonds is 8. The van der Waals surface area contributed by atoms with Crippen LogP contribution >= 0.6 is 11.6 Å². The molecule has 2 N–H and O–H groups in total. The Balaban J connectivity index is 1.62. The van der Waals surface area contributed by atoms with Crippen molar-refractivity contribution in [2.75, 3.05) is 19.7 Å². The topological polar surface area (TPSA) is 80.4 Å². The molecule has 2 aromatic rings. The number of nitrogens with one attached hydrogen (secondary N) is 1. The molecule has 0 aliphatic heterocycles. The van der Waals surface area contributed by atoms with E-state index in [0.29, 0.717) is 36.1 Å². The van der Waals surface area contributed by atoms with E-state index in [1.807, 2.05) is 13.0 Å². The Morgan fingerprint density at radius 2 is 2.33 bits per heavy atom. The fourth-order valence-electron chi connectivity index (χ4n) is 1.73. The molecular formula is C14H18ClN3O3. The average Bonchev–Trinajstić information content (AvgIpc) is 2.98. The molecule has 0 aliphatic carbocycles. The molecule has 0 amide bonds. The Morgan fingerprint density at radius 3 is 3.05 bits per heavy atom. The minimum atomic E-state index is -0.591. The Morgan fingerprint density at radius 1 is 1.48 bits per heavy atom. The SMILES string of the molecule is Cc1cc(OCC(O)CNCCc2ncon2)ccc1Cl. The van der Waals surface area contributed by atoms with Gasteiger partial charge in [0.15, 0.2) is 5.82 Å². The van der Waals surface area contributed by atoms with Gasteiger partial charge in [-0.3, -0.25) is 0 Å². The summed E-state index contributed by atoms with van der Waals surface area (Å²) in [5.41, 5.74) is 0.946. The van der Waals surface area contributed by atoms with Gasteiger partial charge in [0.2, 0.25) is 6.39 Å². The molecule has 6 nitrogen and oxygen atoms in total. The number of aliphatic hydroxyl groups is 1. The molecule has 1 unspecified atom stereocenters. The maximum absolute atomic E-state index is 9.83. The second kappa shape index (κ2) is 7.97. The number of benzene rings is 1. The first-order chi connectivity index (χ1) is 10.1. The van der Waals surface area contributed by atoms with E-state index in [0.717, 1.165) is 5.56 Å². The minimum absolute atomic E-state index is 0.219. The molecule has 1 heterocycles. The van der Waals surface area contributed by atoms with Crippen molar-refractivity contribution >= 4 is 11.6 Å². The number of aromatic nitrogens is 2. The molecule has 0 fully saturated rings. The molecule has 2 rings (SSSR count). The molecule has 0 bridgehead atoms. The van der Waals surface area contributed by atoms with Gasteiger partial charge in [0.1, 0.15) is 18.5 Å². The van der Waals surface area contributed by atoms with Crippen molar-refractivity contribution in [1.82, 2.24) is 15.5 Å². The molecule has 0 saturated heterocycles. The van der Waals surface area contributed by atoms with E-state index in [4.69, 9.17) is 16.3 Å². The van der Waals surface area contributed by atoms with Gasteiger partial charge in [-0.15, -0.1) is 0 Å². The molecule has 1 aromatic carbocycles. The first-order valence-corrected chi connectivity index (χ1v) is 7.06. The van der Waals surface area contributed by atoms with Crippen molar-refractivity contribution in [1.29, 1.82) is 0 Å². The van der Waals surface area contributed by atoms with Gasteiger partial charge in [-0.2, -0.15) is 4.98 Å². The van der Waals surface area contributed by atoms with E-state index in [-0.39, 0.29) is 6.61 Å². The second-order valence-corrected chi connectivity index (χ2v) is 5.08. The molecule has 1 aromatic heterocycles. The third-order valence-corrected chi connectivity index (χ3v) is 3.31. The lowest BCUT2D eigenvalue weighted by atomic mass is 10.2. The summed E-state index contributed by atoms with van der Waals surface area (Å²) in [7, 11) is 0. The van der Waals surface area contributed by atoms with E-state index in [9.17, 15) is 5.11 Å². The summed E-state index contributed by atoms with van der Waals surface area (Å²) in [4.78, 5) is 3.91. The van der Waals surface area contributed by atoms with Gasteiger partial charge in [0.05, 0.1) is 0 Å². The van der Waals surface area contributed by atoms with Crippen LogP contribution in [0.25, 0.3) is 0 Å². The van der Waals surface area contributed by atoms with Crippen molar-refractivity contribution in [3.05, 3.63) is 41.0 Å². The Hall–Kier alpha value is -1.63. The van der Waals surface area contributed by atoms with Crippen LogP contribution in [0.5, 0.6) is 5.75 Å². The minimum Gasteiger partial charge on any atom is -0.491 e. The molecule has 0 spiro atoms. The van der Waals surface area contributed by atoms with Crippen molar-refractivity contribution in [3.63, 3.8) is 0 Å². The van der Waals surface area contributed by atoms with Gasteiger partial charge in [-0.05, 0) is 30.7 Å². The normalized spacial score (nSPS) is 12.3. The molecule has 1 atom stereocenters. The number of halogens is 1. The zero-order valence-electron chi connectivity index (χ0n) is 11.8. The van der Waals surface area contributed by atoms with Crippen molar-refractivity contribution < 1.29 is 14.4 Å². The van der Waals surface area contributed by atoms with Crippen molar-refractivity contribution in [2.24, 2.45) is 0 Å². The fraction of sp³-hybridized carbons (Fsp3) is 0.429. The van der Waals surface area contributed by atoms with Gasteiger partial charge in [0.25, 0.3) is 0 Å². The molecule has 114 valence electrons. The van der Waals surface area contributed by atoms with Gasteiger partial charge in [0, 0.05) is 24.5 Å². The van der Waals surface area contributed by atoms with Gasteiger partial charge in [-0.1, -0.05) is 16.8 Å². The first-order valence-electron chi connectivity index (χ1n) is 6.68. The van der Waals surface area contributed by atoms with Crippen LogP contribution in [0.3, 0.4) is 0 Å². The lowest BCUT2D eigenvalue weighted by molar-refractivity contribution is 0.106. The lowest BCUT2D eigenvalue weighted by Crippen LogP contribution is -2.32. The maximum Gasteiger partial charge on any atom is 0.213 e. The third-order valence-electron chi connectivity index (χ3n) is 2.88. The van der Waals surface area contributed by atoms with E-state index in [2.05, 4.69) is 20.0 Å². The second-order valence-electron chi connectivity index (χ2n) is 4.68. The highest BCUT2D eigenvalue weighted by molar-refractivity contribution is 6.31. The highest BCUT2D eigenvalue weighted by Gasteiger charge is 2.06. The standard InChI is InChI=1S/C14H18ClN3O3/c1-10-6-12(2-3-13(10)15)20-8-11(19)7-16-5-4-14-17-9-21-18-14/h2-3,6,9,11,16,19H,4-5,7-8H2,1H3. The average molecular weight is 312 g/mol. The van der Waals surface area contributed by atoms with Crippen LogP contribution in [0, 0.1) is 6.92 Å². The van der Waals surface area contributed by atoms with Crippen LogP contribution in [0.1, 0.15) is 11.4 Å². The van der Waals surface area contributed by atoms with Crippen LogP contribution in [0.2, 0.25) is 5.02 Å². The lowest BCUT2D eigenvalue weighted by Gasteiger charge is -2.13.